The van der Waals surface area contributed by atoms with E-state index < -0.39 is 0 Å². The molecule has 1 aliphatic heterocycles. The lowest BCUT2D eigenvalue weighted by Crippen LogP contribution is -1.97. The van der Waals surface area contributed by atoms with Crippen LogP contribution in [0.4, 0.5) is 0 Å². The Bertz CT molecular complexity index is 567. The number of allylic oxidation sites excluding steroid dienone is 1. The van der Waals surface area contributed by atoms with Crippen LogP contribution in [0.5, 0.6) is 5.75 Å². The van der Waals surface area contributed by atoms with Crippen molar-refractivity contribution in [2.75, 3.05) is 0 Å². The molecule has 0 unspecified atom stereocenters. The van der Waals surface area contributed by atoms with Gasteiger partial charge in [-0.25, -0.2) is 0 Å². The summed E-state index contributed by atoms with van der Waals surface area (Å²) < 4.78 is 5.51. The Hall–Kier alpha value is -1.87. The molecule has 0 radical (unpaired) electrons. The number of benzene rings is 1. The minimum absolute atomic E-state index is 0.0380. The molecule has 16 heavy (non-hydrogen) atoms. The average Bonchev–Trinajstić information content (AvgIpc) is 2.90. The van der Waals surface area contributed by atoms with E-state index in [1.165, 1.54) is 0 Å². The molecule has 0 aliphatic carbocycles. The van der Waals surface area contributed by atoms with Gasteiger partial charge in [0.1, 0.15) is 5.75 Å². The third kappa shape index (κ3) is 1.46. The maximum atomic E-state index is 11.9. The van der Waals surface area contributed by atoms with Gasteiger partial charge < -0.3 is 4.74 Å². The average molecular weight is 228 g/mol. The SMILES string of the molecule is O=C1/C(=C/c2cccs2)Oc2ccccc21. The molecular formula is C13H8O2S. The highest BCUT2D eigenvalue weighted by atomic mass is 32.1. The van der Waals surface area contributed by atoms with Crippen molar-refractivity contribution in [1.29, 1.82) is 0 Å². The minimum Gasteiger partial charge on any atom is -0.452 e. The number of carbonyl (C=O) groups excluding carboxylic acids is 1. The zero-order chi connectivity index (χ0) is 11.0. The fourth-order valence-corrected chi connectivity index (χ4v) is 2.28. The Morgan fingerprint density at radius 1 is 1.12 bits per heavy atom. The van der Waals surface area contributed by atoms with Crippen molar-refractivity contribution in [1.82, 2.24) is 0 Å². The van der Waals surface area contributed by atoms with Crippen LogP contribution in [0.1, 0.15) is 15.2 Å². The second-order valence-electron chi connectivity index (χ2n) is 3.45. The molecule has 1 aromatic heterocycles. The Morgan fingerprint density at radius 3 is 2.75 bits per heavy atom. The first-order valence-corrected chi connectivity index (χ1v) is 5.79. The van der Waals surface area contributed by atoms with Gasteiger partial charge in [0.25, 0.3) is 0 Å². The maximum absolute atomic E-state index is 11.9. The number of ketones is 1. The molecule has 0 fully saturated rings. The van der Waals surface area contributed by atoms with E-state index in [4.69, 9.17) is 4.74 Å². The van der Waals surface area contributed by atoms with E-state index in [2.05, 4.69) is 0 Å². The summed E-state index contributed by atoms with van der Waals surface area (Å²) in [6, 6.07) is 11.2. The summed E-state index contributed by atoms with van der Waals surface area (Å²) in [7, 11) is 0. The Balaban J connectivity index is 2.02. The molecular weight excluding hydrogens is 220 g/mol. The van der Waals surface area contributed by atoms with Crippen molar-refractivity contribution in [2.45, 2.75) is 0 Å². The summed E-state index contributed by atoms with van der Waals surface area (Å²) in [6.45, 7) is 0. The van der Waals surface area contributed by atoms with E-state index in [1.807, 2.05) is 35.7 Å². The molecule has 0 saturated carbocycles. The van der Waals surface area contributed by atoms with Crippen molar-refractivity contribution in [3.63, 3.8) is 0 Å². The summed E-state index contributed by atoms with van der Waals surface area (Å²) in [4.78, 5) is 13.0. The Kier molecular flexibility index (Phi) is 2.11. The van der Waals surface area contributed by atoms with Gasteiger partial charge in [-0.15, -0.1) is 11.3 Å². The molecule has 1 aliphatic rings. The maximum Gasteiger partial charge on any atom is 0.231 e. The van der Waals surface area contributed by atoms with Gasteiger partial charge in [-0.05, 0) is 23.6 Å². The van der Waals surface area contributed by atoms with E-state index in [1.54, 1.807) is 23.5 Å². The lowest BCUT2D eigenvalue weighted by Gasteiger charge is -1.95. The third-order valence-electron chi connectivity index (χ3n) is 2.39. The zero-order valence-electron chi connectivity index (χ0n) is 8.34. The van der Waals surface area contributed by atoms with Crippen LogP contribution in [0.2, 0.25) is 0 Å². The fraction of sp³-hybridized carbons (Fsp3) is 0. The first-order valence-electron chi connectivity index (χ1n) is 4.91. The number of ether oxygens (including phenoxy) is 1. The zero-order valence-corrected chi connectivity index (χ0v) is 9.16. The highest BCUT2D eigenvalue weighted by Gasteiger charge is 2.26. The summed E-state index contributed by atoms with van der Waals surface area (Å²) in [6.07, 6.45) is 1.78. The third-order valence-corrected chi connectivity index (χ3v) is 3.21. The smallest absolute Gasteiger partial charge is 0.231 e. The molecule has 0 amide bonds. The number of hydrogen-bond donors (Lipinski definition) is 0. The van der Waals surface area contributed by atoms with Crippen molar-refractivity contribution in [3.8, 4) is 5.75 Å². The van der Waals surface area contributed by atoms with Crippen molar-refractivity contribution >= 4 is 23.2 Å². The Morgan fingerprint density at radius 2 is 2.00 bits per heavy atom. The topological polar surface area (TPSA) is 26.3 Å². The highest BCUT2D eigenvalue weighted by Crippen LogP contribution is 2.31. The number of hydrogen-bond acceptors (Lipinski definition) is 3. The normalized spacial score (nSPS) is 16.2. The van der Waals surface area contributed by atoms with Crippen LogP contribution in [-0.4, -0.2) is 5.78 Å². The lowest BCUT2D eigenvalue weighted by molar-refractivity contribution is 0.101. The highest BCUT2D eigenvalue weighted by molar-refractivity contribution is 7.10. The van der Waals surface area contributed by atoms with Gasteiger partial charge in [-0.2, -0.15) is 0 Å². The van der Waals surface area contributed by atoms with Crippen LogP contribution >= 0.6 is 11.3 Å². The quantitative estimate of drug-likeness (QED) is 0.699. The second kappa shape index (κ2) is 3.61. The van der Waals surface area contributed by atoms with Crippen molar-refractivity contribution < 1.29 is 9.53 Å². The summed E-state index contributed by atoms with van der Waals surface area (Å²) in [5.74, 6) is 1.02. The second-order valence-corrected chi connectivity index (χ2v) is 4.43. The van der Waals surface area contributed by atoms with Crippen LogP contribution in [-0.2, 0) is 0 Å². The number of para-hydroxylation sites is 1. The van der Waals surface area contributed by atoms with Crippen LogP contribution in [0.25, 0.3) is 6.08 Å². The molecule has 3 heteroatoms. The van der Waals surface area contributed by atoms with E-state index in [9.17, 15) is 4.79 Å². The molecule has 1 aromatic carbocycles. The molecule has 2 aromatic rings. The summed E-state index contributed by atoms with van der Waals surface area (Å²) in [5.41, 5.74) is 0.644. The predicted molar refractivity (Wildman–Crippen MR) is 63.7 cm³/mol. The van der Waals surface area contributed by atoms with Crippen LogP contribution < -0.4 is 4.74 Å². The van der Waals surface area contributed by atoms with E-state index in [0.717, 1.165) is 4.88 Å². The van der Waals surface area contributed by atoms with Gasteiger partial charge in [0.2, 0.25) is 5.78 Å². The Labute approximate surface area is 96.8 Å². The molecule has 2 heterocycles. The monoisotopic (exact) mass is 228 g/mol. The molecule has 78 valence electrons. The van der Waals surface area contributed by atoms with Gasteiger partial charge in [-0.1, -0.05) is 18.2 Å². The number of Topliss-reactive ketones (excluding diaryl/α,β-unsaturated/α-hetero) is 1. The van der Waals surface area contributed by atoms with Gasteiger partial charge >= 0.3 is 0 Å². The van der Waals surface area contributed by atoms with Crippen LogP contribution in [0, 0.1) is 0 Å². The molecule has 0 N–H and O–H groups in total. The van der Waals surface area contributed by atoms with E-state index in [-0.39, 0.29) is 5.78 Å². The summed E-state index contributed by atoms with van der Waals surface area (Å²) in [5, 5.41) is 1.97. The number of fused-ring (bicyclic) bond motifs is 1. The van der Waals surface area contributed by atoms with Crippen molar-refractivity contribution in [2.24, 2.45) is 0 Å². The molecule has 0 atom stereocenters. The van der Waals surface area contributed by atoms with Crippen LogP contribution in [0.15, 0.2) is 47.5 Å². The first-order chi connectivity index (χ1) is 7.84. The van der Waals surface area contributed by atoms with Gasteiger partial charge in [0.15, 0.2) is 5.76 Å². The molecule has 3 rings (SSSR count). The van der Waals surface area contributed by atoms with Gasteiger partial charge in [0, 0.05) is 11.0 Å². The molecule has 0 saturated heterocycles. The number of thiophene rings is 1. The van der Waals surface area contributed by atoms with Crippen molar-refractivity contribution in [3.05, 3.63) is 58.0 Å². The lowest BCUT2D eigenvalue weighted by atomic mass is 10.1. The summed E-state index contributed by atoms with van der Waals surface area (Å²) >= 11 is 1.58. The van der Waals surface area contributed by atoms with E-state index in [0.29, 0.717) is 17.1 Å². The number of carbonyl (C=O) groups is 1. The van der Waals surface area contributed by atoms with Gasteiger partial charge in [-0.3, -0.25) is 4.79 Å². The number of rotatable bonds is 1. The first kappa shape index (κ1) is 9.36. The molecule has 0 bridgehead atoms. The largest absolute Gasteiger partial charge is 0.452 e. The predicted octanol–water partition coefficient (Wildman–Crippen LogP) is 3.36. The molecule has 2 nitrogen and oxygen atoms in total. The minimum atomic E-state index is -0.0380. The van der Waals surface area contributed by atoms with Gasteiger partial charge in [0.05, 0.1) is 5.56 Å². The molecule has 0 spiro atoms. The van der Waals surface area contributed by atoms with E-state index >= 15 is 0 Å². The fourth-order valence-electron chi connectivity index (χ4n) is 1.64. The standard InChI is InChI=1S/C13H8O2S/c14-13-10-5-1-2-6-11(10)15-12(13)8-9-4-3-7-16-9/h1-8H/b12-8-. The van der Waals surface area contributed by atoms with Crippen LogP contribution in [0.3, 0.4) is 0 Å².